The molecule has 2 aromatic rings. The van der Waals surface area contributed by atoms with Crippen LogP contribution in [-0.4, -0.2) is 29.7 Å². The normalized spacial score (nSPS) is 11.8. The van der Waals surface area contributed by atoms with Gasteiger partial charge in [-0.1, -0.05) is 72.8 Å². The van der Waals surface area contributed by atoms with Crippen molar-refractivity contribution in [1.82, 2.24) is 4.90 Å². The molecule has 0 amide bonds. The van der Waals surface area contributed by atoms with Crippen LogP contribution in [0, 0.1) is 5.39 Å². The molecule has 2 rings (SSSR count). The number of benzene rings is 2. The van der Waals surface area contributed by atoms with E-state index >= 15 is 0 Å². The number of rotatable bonds is 11. The van der Waals surface area contributed by atoms with Crippen molar-refractivity contribution >= 4 is 0 Å². The van der Waals surface area contributed by atoms with Gasteiger partial charge in [-0.2, -0.15) is 0 Å². The van der Waals surface area contributed by atoms with Crippen LogP contribution in [0.25, 0.3) is 4.98 Å². The van der Waals surface area contributed by atoms with Crippen molar-refractivity contribution in [3.8, 4) is 0 Å². The molecule has 0 aliphatic heterocycles. The van der Waals surface area contributed by atoms with E-state index in [1.54, 1.807) is 0 Å². The van der Waals surface area contributed by atoms with Gasteiger partial charge in [-0.25, -0.2) is 0 Å². The molecule has 0 spiro atoms. The Kier molecular flexibility index (Phi) is 9.37. The van der Waals surface area contributed by atoms with Gasteiger partial charge < -0.3 is 9.84 Å². The molecule has 5 heteroatoms. The summed E-state index contributed by atoms with van der Waals surface area (Å²) in [5, 5.41) is 18.1. The highest BCUT2D eigenvalue weighted by Crippen LogP contribution is 2.08. The number of hydrogen-bond donors (Lipinski definition) is 1. The molecule has 0 aliphatic rings. The van der Waals surface area contributed by atoms with Crippen molar-refractivity contribution in [2.75, 3.05) is 19.7 Å². The number of hydrogen-bond acceptors (Lipinski definition) is 4. The van der Waals surface area contributed by atoms with E-state index in [1.807, 2.05) is 54.6 Å². The highest BCUT2D eigenvalue weighted by Gasteiger charge is 2.07. The van der Waals surface area contributed by atoms with Gasteiger partial charge in [-0.15, -0.1) is 0 Å². The number of aliphatic hydroxyl groups is 1. The summed E-state index contributed by atoms with van der Waals surface area (Å²) in [4.78, 5) is 5.07. The maximum atomic E-state index is 9.66. The molecule has 1 N–H and O–H groups in total. The quantitative estimate of drug-likeness (QED) is 0.266. The fourth-order valence-corrected chi connectivity index (χ4v) is 2.59. The minimum absolute atomic E-state index is 0.0609. The van der Waals surface area contributed by atoms with Gasteiger partial charge in [0, 0.05) is 26.1 Å². The smallest absolute Gasteiger partial charge is 0.387 e. The summed E-state index contributed by atoms with van der Waals surface area (Å²) >= 11 is 0. The average Bonchev–Trinajstić information content (AvgIpc) is 2.70. The molecule has 0 aromatic heterocycles. The predicted octanol–water partition coefficient (Wildman–Crippen LogP) is 4.90. The lowest BCUT2D eigenvalue weighted by Crippen LogP contribution is -2.25. The molecular formula is C22H26N3O2+. The van der Waals surface area contributed by atoms with Gasteiger partial charge in [0.05, 0.1) is 13.2 Å². The summed E-state index contributed by atoms with van der Waals surface area (Å²) < 4.78 is 5.66. The van der Waals surface area contributed by atoms with Gasteiger partial charge in [0.1, 0.15) is 0 Å². The first-order valence-electron chi connectivity index (χ1n) is 9.03. The maximum absolute atomic E-state index is 9.66. The third-order valence-corrected chi connectivity index (χ3v) is 4.00. The van der Waals surface area contributed by atoms with E-state index in [-0.39, 0.29) is 5.76 Å². The van der Waals surface area contributed by atoms with Crippen LogP contribution in [-0.2, 0) is 17.9 Å². The number of aliphatic hydroxyl groups excluding tert-OH is 1. The molecule has 0 saturated carbocycles. The molecular weight excluding hydrogens is 338 g/mol. The second-order valence-electron chi connectivity index (χ2n) is 6.18. The Morgan fingerprint density at radius 3 is 2.33 bits per heavy atom. The van der Waals surface area contributed by atoms with Crippen molar-refractivity contribution in [2.24, 2.45) is 0 Å². The van der Waals surface area contributed by atoms with Crippen molar-refractivity contribution in [3.63, 3.8) is 0 Å². The summed E-state index contributed by atoms with van der Waals surface area (Å²) in [5.41, 5.74) is 2.37. The predicted molar refractivity (Wildman–Crippen MR) is 107 cm³/mol. The van der Waals surface area contributed by atoms with Gasteiger partial charge in [-0.05, 0) is 11.1 Å². The lowest BCUT2D eigenvalue weighted by atomic mass is 10.2. The molecule has 0 heterocycles. The first kappa shape index (κ1) is 20.4. The first-order chi connectivity index (χ1) is 13.3. The highest BCUT2D eigenvalue weighted by atomic mass is 16.5. The molecule has 0 saturated heterocycles. The van der Waals surface area contributed by atoms with E-state index in [0.29, 0.717) is 26.2 Å². The van der Waals surface area contributed by atoms with Gasteiger partial charge in [0.25, 0.3) is 0 Å². The minimum Gasteiger partial charge on any atom is -0.505 e. The summed E-state index contributed by atoms with van der Waals surface area (Å²) in [6.45, 7) is 3.33. The number of ether oxygens (including phenoxy) is 1. The van der Waals surface area contributed by atoms with Gasteiger partial charge in [0.15, 0.2) is 10.7 Å². The zero-order valence-corrected chi connectivity index (χ0v) is 15.4. The van der Waals surface area contributed by atoms with E-state index in [2.05, 4.69) is 28.1 Å². The van der Waals surface area contributed by atoms with Crippen LogP contribution in [0.15, 0.2) is 84.8 Å². The van der Waals surface area contributed by atoms with Crippen molar-refractivity contribution in [2.45, 2.75) is 19.6 Å². The third kappa shape index (κ3) is 8.82. The minimum atomic E-state index is 0.0609. The summed E-state index contributed by atoms with van der Waals surface area (Å²) in [7, 11) is 0. The molecule has 0 unspecified atom stereocenters. The number of diazo groups is 1. The SMILES string of the molecule is N#[N+]/C=C(\O)CCN(C/C=C\COCc1ccccc1)Cc1ccccc1. The van der Waals surface area contributed by atoms with Crippen LogP contribution in [0.5, 0.6) is 0 Å². The Bertz CT molecular complexity index is 752. The highest BCUT2D eigenvalue weighted by molar-refractivity contribution is 5.15. The largest absolute Gasteiger partial charge is 0.505 e. The molecule has 0 bridgehead atoms. The van der Waals surface area contributed by atoms with Crippen LogP contribution in [0.1, 0.15) is 17.5 Å². The van der Waals surface area contributed by atoms with Gasteiger partial charge in [0.2, 0.25) is 5.39 Å². The van der Waals surface area contributed by atoms with Crippen LogP contribution < -0.4 is 0 Å². The van der Waals surface area contributed by atoms with Crippen molar-refractivity contribution < 1.29 is 9.84 Å². The molecule has 0 fully saturated rings. The van der Waals surface area contributed by atoms with Crippen LogP contribution in [0.3, 0.4) is 0 Å². The molecule has 5 nitrogen and oxygen atoms in total. The standard InChI is InChI=1S/C22H25N3O2/c23-24-17-22(26)13-15-25(18-20-9-3-1-4-10-20)14-7-8-16-27-19-21-11-5-2-6-12-21/h1-12,17H,13-16,18-19H2/p+1/b8-7-,22-17-. The number of nitrogens with zero attached hydrogens (tertiary/aromatic N) is 3. The maximum Gasteiger partial charge on any atom is 0.387 e. The summed E-state index contributed by atoms with van der Waals surface area (Å²) in [6.07, 6.45) is 5.58. The Morgan fingerprint density at radius 1 is 1.00 bits per heavy atom. The van der Waals surface area contributed by atoms with Crippen molar-refractivity contribution in [1.29, 1.82) is 5.39 Å². The molecule has 2 aromatic carbocycles. The van der Waals surface area contributed by atoms with E-state index in [1.165, 1.54) is 5.56 Å². The summed E-state index contributed by atoms with van der Waals surface area (Å²) in [6, 6.07) is 20.3. The van der Waals surface area contributed by atoms with Gasteiger partial charge >= 0.3 is 6.20 Å². The Labute approximate surface area is 160 Å². The fraction of sp³-hybridized carbons (Fsp3) is 0.273. The van der Waals surface area contributed by atoms with E-state index in [9.17, 15) is 5.11 Å². The zero-order valence-electron chi connectivity index (χ0n) is 15.4. The lowest BCUT2D eigenvalue weighted by molar-refractivity contribution is 0.148. The second-order valence-corrected chi connectivity index (χ2v) is 6.18. The molecule has 27 heavy (non-hydrogen) atoms. The van der Waals surface area contributed by atoms with Crippen LogP contribution >= 0.6 is 0 Å². The van der Waals surface area contributed by atoms with E-state index < -0.39 is 0 Å². The molecule has 0 atom stereocenters. The average molecular weight is 364 g/mol. The third-order valence-electron chi connectivity index (χ3n) is 4.00. The Balaban J connectivity index is 1.79. The Hall–Kier alpha value is -2.94. The topological polar surface area (TPSA) is 60.8 Å². The molecule has 0 radical (unpaired) electrons. The zero-order chi connectivity index (χ0) is 19.2. The van der Waals surface area contributed by atoms with E-state index in [4.69, 9.17) is 10.1 Å². The van der Waals surface area contributed by atoms with E-state index in [0.717, 1.165) is 24.9 Å². The summed E-state index contributed by atoms with van der Waals surface area (Å²) in [5.74, 6) is 0.0609. The Morgan fingerprint density at radius 2 is 1.67 bits per heavy atom. The van der Waals surface area contributed by atoms with Crippen LogP contribution in [0.2, 0.25) is 0 Å². The van der Waals surface area contributed by atoms with Gasteiger partial charge in [-0.3, -0.25) is 4.90 Å². The van der Waals surface area contributed by atoms with Crippen LogP contribution in [0.4, 0.5) is 0 Å². The molecule has 140 valence electrons. The second kappa shape index (κ2) is 12.4. The monoisotopic (exact) mass is 364 g/mol. The molecule has 0 aliphatic carbocycles. The lowest BCUT2D eigenvalue weighted by Gasteiger charge is -2.20. The fourth-order valence-electron chi connectivity index (χ4n) is 2.59. The first-order valence-corrected chi connectivity index (χ1v) is 9.03. The van der Waals surface area contributed by atoms with Crippen molar-refractivity contribution in [3.05, 3.63) is 101 Å².